The highest BCUT2D eigenvalue weighted by atomic mass is 32.2. The van der Waals surface area contributed by atoms with Crippen molar-refractivity contribution in [1.82, 2.24) is 5.32 Å². The minimum absolute atomic E-state index is 0.00693. The topological polar surface area (TPSA) is 84.5 Å². The molecule has 2 N–H and O–H groups in total. The highest BCUT2D eigenvalue weighted by Crippen LogP contribution is 2.29. The summed E-state index contributed by atoms with van der Waals surface area (Å²) in [5, 5.41) is 3.06. The maximum absolute atomic E-state index is 12.7. The second-order valence-corrected chi connectivity index (χ2v) is 10.1. The number of carbonyl (C=O) groups is 1. The molecule has 1 aliphatic carbocycles. The quantitative estimate of drug-likeness (QED) is 0.532. The van der Waals surface area contributed by atoms with Crippen LogP contribution in [-0.2, 0) is 21.2 Å². The third-order valence-electron chi connectivity index (χ3n) is 5.82. The fourth-order valence-electron chi connectivity index (χ4n) is 4.07. The Balaban J connectivity index is 1.37. The molecule has 0 aromatic heterocycles. The molecule has 0 saturated carbocycles. The van der Waals surface area contributed by atoms with Crippen molar-refractivity contribution < 1.29 is 17.9 Å². The molecule has 1 atom stereocenters. The molecule has 0 spiro atoms. The average molecular weight is 465 g/mol. The summed E-state index contributed by atoms with van der Waals surface area (Å²) in [6, 6.07) is 19.9. The molecule has 33 heavy (non-hydrogen) atoms. The van der Waals surface area contributed by atoms with Gasteiger partial charge in [-0.25, -0.2) is 8.42 Å². The van der Waals surface area contributed by atoms with E-state index in [9.17, 15) is 13.2 Å². The maximum Gasteiger partial charge on any atom is 0.261 e. The van der Waals surface area contributed by atoms with Crippen LogP contribution in [0.2, 0.25) is 0 Å². The molecule has 0 bridgehead atoms. The summed E-state index contributed by atoms with van der Waals surface area (Å²) in [5.74, 6) is 0.275. The van der Waals surface area contributed by atoms with Gasteiger partial charge in [-0.1, -0.05) is 42.0 Å². The van der Waals surface area contributed by atoms with Crippen LogP contribution >= 0.6 is 0 Å². The first kappa shape index (κ1) is 22.9. The van der Waals surface area contributed by atoms with E-state index in [1.807, 2.05) is 31.2 Å². The summed E-state index contributed by atoms with van der Waals surface area (Å²) in [7, 11) is -3.73. The van der Waals surface area contributed by atoms with Gasteiger partial charge >= 0.3 is 0 Å². The molecule has 0 unspecified atom stereocenters. The monoisotopic (exact) mass is 464 g/mol. The minimum Gasteiger partial charge on any atom is -0.484 e. The zero-order valence-corrected chi connectivity index (χ0v) is 19.6. The second kappa shape index (κ2) is 9.67. The SMILES string of the molecule is Cc1ccc(NS(=O)(=O)c2ccc(OCC(=O)N[C@@H]3CCCc4ccccc43)c(C)c2)cc1. The number of rotatable bonds is 7. The maximum atomic E-state index is 12.7. The van der Waals surface area contributed by atoms with Gasteiger partial charge in [-0.05, 0) is 80.1 Å². The van der Waals surface area contributed by atoms with Gasteiger partial charge in [0.2, 0.25) is 0 Å². The van der Waals surface area contributed by atoms with E-state index in [-0.39, 0.29) is 23.5 Å². The molecule has 7 heteroatoms. The fraction of sp³-hybridized carbons (Fsp3) is 0.269. The zero-order chi connectivity index (χ0) is 23.4. The molecule has 4 rings (SSSR count). The Morgan fingerprint density at radius 1 is 1.03 bits per heavy atom. The van der Waals surface area contributed by atoms with E-state index in [0.29, 0.717) is 17.0 Å². The largest absolute Gasteiger partial charge is 0.484 e. The number of amides is 1. The predicted molar refractivity (Wildman–Crippen MR) is 129 cm³/mol. The third-order valence-corrected chi connectivity index (χ3v) is 7.20. The molecular formula is C26H28N2O4S. The molecule has 3 aromatic rings. The summed E-state index contributed by atoms with van der Waals surface area (Å²) >= 11 is 0. The lowest BCUT2D eigenvalue weighted by atomic mass is 9.88. The zero-order valence-electron chi connectivity index (χ0n) is 18.8. The van der Waals surface area contributed by atoms with E-state index >= 15 is 0 Å². The second-order valence-electron chi connectivity index (χ2n) is 8.40. The summed E-state index contributed by atoms with van der Waals surface area (Å²) < 4.78 is 33.7. The highest BCUT2D eigenvalue weighted by Gasteiger charge is 2.22. The Morgan fingerprint density at radius 3 is 2.55 bits per heavy atom. The van der Waals surface area contributed by atoms with Crippen LogP contribution in [0.15, 0.2) is 71.6 Å². The lowest BCUT2D eigenvalue weighted by Gasteiger charge is -2.26. The normalized spacial score (nSPS) is 15.4. The third kappa shape index (κ3) is 5.54. The van der Waals surface area contributed by atoms with Gasteiger partial charge in [0.25, 0.3) is 15.9 Å². The van der Waals surface area contributed by atoms with Crippen LogP contribution in [0, 0.1) is 13.8 Å². The fourth-order valence-corrected chi connectivity index (χ4v) is 5.21. The van der Waals surface area contributed by atoms with E-state index in [2.05, 4.69) is 22.2 Å². The van der Waals surface area contributed by atoms with Crippen molar-refractivity contribution in [3.8, 4) is 5.75 Å². The van der Waals surface area contributed by atoms with Gasteiger partial charge in [-0.15, -0.1) is 0 Å². The Kier molecular flexibility index (Phi) is 6.70. The van der Waals surface area contributed by atoms with Crippen LogP contribution in [0.4, 0.5) is 5.69 Å². The van der Waals surface area contributed by atoms with Crippen LogP contribution in [0.1, 0.15) is 41.1 Å². The number of sulfonamides is 1. The number of carbonyl (C=O) groups excluding carboxylic acids is 1. The number of hydrogen-bond acceptors (Lipinski definition) is 4. The van der Waals surface area contributed by atoms with Crippen molar-refractivity contribution in [2.24, 2.45) is 0 Å². The van der Waals surface area contributed by atoms with Crippen molar-refractivity contribution in [3.63, 3.8) is 0 Å². The first-order valence-electron chi connectivity index (χ1n) is 11.0. The number of hydrogen-bond donors (Lipinski definition) is 2. The van der Waals surface area contributed by atoms with Crippen LogP contribution in [-0.4, -0.2) is 20.9 Å². The number of nitrogens with one attached hydrogen (secondary N) is 2. The van der Waals surface area contributed by atoms with Crippen LogP contribution in [0.25, 0.3) is 0 Å². The van der Waals surface area contributed by atoms with Crippen LogP contribution < -0.4 is 14.8 Å². The summed E-state index contributed by atoms with van der Waals surface area (Å²) in [6.45, 7) is 3.57. The predicted octanol–water partition coefficient (Wildman–Crippen LogP) is 4.68. The van der Waals surface area contributed by atoms with Crippen molar-refractivity contribution >= 4 is 21.6 Å². The van der Waals surface area contributed by atoms with Gasteiger partial charge in [0, 0.05) is 5.69 Å². The number of benzene rings is 3. The average Bonchev–Trinajstić information content (AvgIpc) is 2.80. The Hall–Kier alpha value is -3.32. The first-order chi connectivity index (χ1) is 15.8. The van der Waals surface area contributed by atoms with Gasteiger partial charge in [0.15, 0.2) is 6.61 Å². The first-order valence-corrected chi connectivity index (χ1v) is 12.5. The minimum atomic E-state index is -3.73. The summed E-state index contributed by atoms with van der Waals surface area (Å²) in [5.41, 5.74) is 4.63. The molecule has 0 radical (unpaired) electrons. The van der Waals surface area contributed by atoms with Crippen LogP contribution in [0.3, 0.4) is 0 Å². The van der Waals surface area contributed by atoms with Crippen molar-refractivity contribution in [2.75, 3.05) is 11.3 Å². The van der Waals surface area contributed by atoms with E-state index in [4.69, 9.17) is 4.74 Å². The summed E-state index contributed by atoms with van der Waals surface area (Å²) in [6.07, 6.45) is 2.98. The van der Waals surface area contributed by atoms with Gasteiger partial charge in [-0.3, -0.25) is 9.52 Å². The molecule has 0 aliphatic heterocycles. The molecule has 172 valence electrons. The molecule has 0 heterocycles. The number of aryl methyl sites for hydroxylation is 3. The van der Waals surface area contributed by atoms with Crippen molar-refractivity contribution in [2.45, 2.75) is 44.0 Å². The lowest BCUT2D eigenvalue weighted by Crippen LogP contribution is -2.34. The van der Waals surface area contributed by atoms with Crippen LogP contribution in [0.5, 0.6) is 5.75 Å². The molecule has 0 saturated heterocycles. The molecule has 1 amide bonds. The van der Waals surface area contributed by atoms with Crippen molar-refractivity contribution in [1.29, 1.82) is 0 Å². The van der Waals surface area contributed by atoms with Gasteiger partial charge in [0.1, 0.15) is 5.75 Å². The van der Waals surface area contributed by atoms with Gasteiger partial charge in [-0.2, -0.15) is 0 Å². The van der Waals surface area contributed by atoms with Crippen molar-refractivity contribution in [3.05, 3.63) is 89.0 Å². The molecule has 3 aromatic carbocycles. The Morgan fingerprint density at radius 2 is 1.79 bits per heavy atom. The standard InChI is InChI=1S/C26H28N2O4S/c1-18-10-12-21(13-11-18)28-33(30,31)22-14-15-25(19(2)16-22)32-17-26(29)27-24-9-5-7-20-6-3-4-8-23(20)24/h3-4,6,8,10-16,24,28H,5,7,9,17H2,1-2H3,(H,27,29)/t24-/m1/s1. The van der Waals surface area contributed by atoms with Gasteiger partial charge in [0.05, 0.1) is 10.9 Å². The lowest BCUT2D eigenvalue weighted by molar-refractivity contribution is -0.124. The smallest absolute Gasteiger partial charge is 0.261 e. The number of fused-ring (bicyclic) bond motifs is 1. The Labute approximate surface area is 195 Å². The van der Waals surface area contributed by atoms with E-state index in [1.54, 1.807) is 31.2 Å². The molecular weight excluding hydrogens is 436 g/mol. The number of anilines is 1. The number of ether oxygens (including phenoxy) is 1. The molecule has 0 fully saturated rings. The summed E-state index contributed by atoms with van der Waals surface area (Å²) in [4.78, 5) is 12.7. The Bertz CT molecular complexity index is 1250. The van der Waals surface area contributed by atoms with E-state index in [1.165, 1.54) is 17.2 Å². The molecule has 1 aliphatic rings. The highest BCUT2D eigenvalue weighted by molar-refractivity contribution is 7.92. The van der Waals surface area contributed by atoms with E-state index in [0.717, 1.165) is 24.8 Å². The molecule has 6 nitrogen and oxygen atoms in total. The van der Waals surface area contributed by atoms with Gasteiger partial charge < -0.3 is 10.1 Å². The van der Waals surface area contributed by atoms with E-state index < -0.39 is 10.0 Å².